The van der Waals surface area contributed by atoms with Crippen LogP contribution in [0.2, 0.25) is 0 Å². The predicted octanol–water partition coefficient (Wildman–Crippen LogP) is 3.02. The molecule has 1 aliphatic heterocycles. The molecule has 0 radical (unpaired) electrons. The van der Waals surface area contributed by atoms with E-state index in [1.807, 2.05) is 0 Å². The maximum absolute atomic E-state index is 13.3. The first-order valence-corrected chi connectivity index (χ1v) is 8.20. The largest absolute Gasteiger partial charge is 0.482 e. The number of fused-ring (bicyclic) bond motifs is 2. The number of carbonyl (C=O) groups is 2. The average Bonchev–Trinajstić information content (AvgIpc) is 3.00. The van der Waals surface area contributed by atoms with Crippen LogP contribution in [0.15, 0.2) is 42.5 Å². The number of nitrogens with zero attached hydrogens (tertiary/aromatic N) is 2. The summed E-state index contributed by atoms with van der Waals surface area (Å²) in [7, 11) is 0. The summed E-state index contributed by atoms with van der Waals surface area (Å²) >= 11 is 0. The molecule has 1 aromatic heterocycles. The zero-order chi connectivity index (χ0) is 19.9. The molecule has 0 fully saturated rings. The Morgan fingerprint density at radius 2 is 2.04 bits per heavy atom. The van der Waals surface area contributed by atoms with Gasteiger partial charge in [0, 0.05) is 5.69 Å². The van der Waals surface area contributed by atoms with E-state index in [0.717, 1.165) is 4.57 Å². The highest BCUT2D eigenvalue weighted by atomic mass is 19.4. The zero-order valence-corrected chi connectivity index (χ0v) is 14.2. The third kappa shape index (κ3) is 3.36. The molecule has 2 aromatic carbocycles. The second-order valence-corrected chi connectivity index (χ2v) is 6.10. The van der Waals surface area contributed by atoms with Gasteiger partial charge in [0.1, 0.15) is 12.3 Å². The minimum absolute atomic E-state index is 0.105. The summed E-state index contributed by atoms with van der Waals surface area (Å²) in [6.45, 7) is -0.679. The first-order chi connectivity index (χ1) is 13.3. The molecule has 0 atom stereocenters. The van der Waals surface area contributed by atoms with Crippen molar-refractivity contribution in [3.8, 4) is 5.75 Å². The zero-order valence-electron chi connectivity index (χ0n) is 14.2. The van der Waals surface area contributed by atoms with Crippen molar-refractivity contribution in [1.82, 2.24) is 9.55 Å². The highest BCUT2D eigenvalue weighted by molar-refractivity contribution is 5.97. The lowest BCUT2D eigenvalue weighted by atomic mass is 10.2. The van der Waals surface area contributed by atoms with Crippen LogP contribution in [-0.4, -0.2) is 28.0 Å². The van der Waals surface area contributed by atoms with E-state index < -0.39 is 24.5 Å². The van der Waals surface area contributed by atoms with Gasteiger partial charge in [-0.25, -0.2) is 4.98 Å². The molecule has 144 valence electrons. The summed E-state index contributed by atoms with van der Waals surface area (Å²) in [6.07, 6.45) is -4.70. The third-order valence-corrected chi connectivity index (χ3v) is 4.11. The molecule has 2 amide bonds. The van der Waals surface area contributed by atoms with Crippen molar-refractivity contribution in [1.29, 1.82) is 0 Å². The molecule has 0 saturated heterocycles. The predicted molar refractivity (Wildman–Crippen MR) is 93.9 cm³/mol. The number of hydrogen-bond donors (Lipinski definition) is 2. The fourth-order valence-electron chi connectivity index (χ4n) is 2.96. The van der Waals surface area contributed by atoms with E-state index in [1.54, 1.807) is 18.2 Å². The van der Waals surface area contributed by atoms with Crippen LogP contribution in [0.3, 0.4) is 0 Å². The lowest BCUT2D eigenvalue weighted by Gasteiger charge is -2.18. The van der Waals surface area contributed by atoms with E-state index in [0.29, 0.717) is 17.1 Å². The second-order valence-electron chi connectivity index (χ2n) is 6.10. The minimum Gasteiger partial charge on any atom is -0.482 e. The summed E-state index contributed by atoms with van der Waals surface area (Å²) in [5, 5.41) is 5.12. The Morgan fingerprint density at radius 3 is 2.82 bits per heavy atom. The van der Waals surface area contributed by atoms with Gasteiger partial charge in [-0.3, -0.25) is 9.59 Å². The van der Waals surface area contributed by atoms with Gasteiger partial charge in [0.25, 0.3) is 5.91 Å². The Morgan fingerprint density at radius 1 is 1.25 bits per heavy atom. The molecular formula is C18H13F3N4O3. The monoisotopic (exact) mass is 390 g/mol. The number of hydrogen-bond acceptors (Lipinski definition) is 4. The Kier molecular flexibility index (Phi) is 4.17. The first-order valence-electron chi connectivity index (χ1n) is 8.20. The summed E-state index contributed by atoms with van der Waals surface area (Å²) in [6, 6.07) is 10.6. The maximum atomic E-state index is 13.3. The van der Waals surface area contributed by atoms with Crippen LogP contribution in [0.1, 0.15) is 5.82 Å². The number of aromatic nitrogens is 2. The van der Waals surface area contributed by atoms with Gasteiger partial charge in [-0.2, -0.15) is 13.2 Å². The van der Waals surface area contributed by atoms with Gasteiger partial charge in [0.2, 0.25) is 11.7 Å². The smallest absolute Gasteiger partial charge is 0.449 e. The topological polar surface area (TPSA) is 85.3 Å². The normalized spacial score (nSPS) is 13.6. The quantitative estimate of drug-likeness (QED) is 0.720. The number of carbonyl (C=O) groups excluding carboxylic acids is 2. The molecule has 0 spiro atoms. The molecule has 1 aliphatic rings. The molecule has 4 rings (SSSR count). The van der Waals surface area contributed by atoms with Crippen LogP contribution < -0.4 is 15.4 Å². The van der Waals surface area contributed by atoms with Crippen LogP contribution in [0.25, 0.3) is 11.0 Å². The van der Waals surface area contributed by atoms with Gasteiger partial charge in [0.15, 0.2) is 6.61 Å². The summed E-state index contributed by atoms with van der Waals surface area (Å²) in [5.74, 6) is -1.71. The van der Waals surface area contributed by atoms with Gasteiger partial charge in [-0.05, 0) is 30.3 Å². The highest BCUT2D eigenvalue weighted by Crippen LogP contribution is 2.32. The third-order valence-electron chi connectivity index (χ3n) is 4.11. The number of rotatable bonds is 3. The van der Waals surface area contributed by atoms with Crippen molar-refractivity contribution in [2.75, 3.05) is 17.2 Å². The van der Waals surface area contributed by atoms with Crippen molar-refractivity contribution in [3.05, 3.63) is 48.3 Å². The molecule has 10 heteroatoms. The van der Waals surface area contributed by atoms with E-state index in [9.17, 15) is 22.8 Å². The van der Waals surface area contributed by atoms with Crippen molar-refractivity contribution in [2.45, 2.75) is 12.7 Å². The van der Waals surface area contributed by atoms with E-state index in [2.05, 4.69) is 15.6 Å². The second kappa shape index (κ2) is 6.55. The molecule has 0 saturated carbocycles. The molecule has 7 nitrogen and oxygen atoms in total. The van der Waals surface area contributed by atoms with Crippen LogP contribution in [-0.2, 0) is 22.3 Å². The summed E-state index contributed by atoms with van der Waals surface area (Å²) in [4.78, 5) is 27.4. The van der Waals surface area contributed by atoms with E-state index in [4.69, 9.17) is 4.74 Å². The number of alkyl halides is 3. The Balaban J connectivity index is 1.59. The number of nitrogens with one attached hydrogen (secondary N) is 2. The van der Waals surface area contributed by atoms with Crippen LogP contribution in [0.4, 0.5) is 24.5 Å². The minimum atomic E-state index is -4.70. The van der Waals surface area contributed by atoms with Gasteiger partial charge < -0.3 is 19.9 Å². The number of halogens is 3. The van der Waals surface area contributed by atoms with Crippen molar-refractivity contribution in [2.24, 2.45) is 0 Å². The van der Waals surface area contributed by atoms with E-state index in [1.165, 1.54) is 24.3 Å². The average molecular weight is 390 g/mol. The number of amides is 2. The van der Waals surface area contributed by atoms with Gasteiger partial charge in [-0.15, -0.1) is 0 Å². The molecule has 0 bridgehead atoms. The molecular weight excluding hydrogens is 377 g/mol. The number of benzene rings is 2. The Labute approximate surface area is 156 Å². The summed E-state index contributed by atoms with van der Waals surface area (Å²) in [5.41, 5.74) is 1.04. The highest BCUT2D eigenvalue weighted by Gasteiger charge is 2.38. The van der Waals surface area contributed by atoms with Gasteiger partial charge >= 0.3 is 6.18 Å². The van der Waals surface area contributed by atoms with Crippen LogP contribution in [0, 0.1) is 0 Å². The molecule has 0 aliphatic carbocycles. The Bertz CT molecular complexity index is 1090. The number of anilines is 2. The number of imidazole rings is 1. The standard InChI is InChI=1S/C18H13F3N4O3/c19-18(20,21)17-24-11-3-1-2-4-13(11)25(17)8-15(26)22-10-5-6-14-12(7-10)23-16(27)9-28-14/h1-7H,8-9H2,(H,22,26)(H,23,27). The lowest BCUT2D eigenvalue weighted by Crippen LogP contribution is -2.26. The van der Waals surface area contributed by atoms with Crippen LogP contribution in [0.5, 0.6) is 5.75 Å². The van der Waals surface area contributed by atoms with E-state index >= 15 is 0 Å². The Hall–Kier alpha value is -3.56. The first kappa shape index (κ1) is 17.8. The summed E-state index contributed by atoms with van der Waals surface area (Å²) < 4.78 is 46.0. The van der Waals surface area contributed by atoms with Gasteiger partial charge in [-0.1, -0.05) is 12.1 Å². The van der Waals surface area contributed by atoms with Crippen LogP contribution >= 0.6 is 0 Å². The molecule has 2 heterocycles. The van der Waals surface area contributed by atoms with Crippen molar-refractivity contribution < 1.29 is 27.5 Å². The molecule has 0 unspecified atom stereocenters. The molecule has 28 heavy (non-hydrogen) atoms. The molecule has 2 N–H and O–H groups in total. The van der Waals surface area contributed by atoms with Crippen molar-refractivity contribution >= 4 is 34.2 Å². The fraction of sp³-hybridized carbons (Fsp3) is 0.167. The van der Waals surface area contributed by atoms with Gasteiger partial charge in [0.05, 0.1) is 16.7 Å². The van der Waals surface area contributed by atoms with E-state index in [-0.39, 0.29) is 23.5 Å². The molecule has 3 aromatic rings. The number of para-hydroxylation sites is 2. The fourth-order valence-corrected chi connectivity index (χ4v) is 2.96. The maximum Gasteiger partial charge on any atom is 0.449 e. The van der Waals surface area contributed by atoms with Crippen molar-refractivity contribution in [3.63, 3.8) is 0 Å². The number of ether oxygens (including phenoxy) is 1. The SMILES string of the molecule is O=C(Cn1c(C(F)(F)F)nc2ccccc21)Nc1ccc2c(c1)NC(=O)CO2. The lowest BCUT2D eigenvalue weighted by molar-refractivity contribution is -0.147.